The summed E-state index contributed by atoms with van der Waals surface area (Å²) in [5.74, 6) is -0.424. The summed E-state index contributed by atoms with van der Waals surface area (Å²) in [6.45, 7) is 1.84. The van der Waals surface area contributed by atoms with Crippen LogP contribution in [0.4, 0.5) is 4.79 Å². The summed E-state index contributed by atoms with van der Waals surface area (Å²) in [5, 5.41) is 0. The monoisotopic (exact) mass is 451 g/mol. The van der Waals surface area contributed by atoms with Gasteiger partial charge in [-0.2, -0.15) is 0 Å². The van der Waals surface area contributed by atoms with Crippen LogP contribution in [0.25, 0.3) is 0 Å². The lowest BCUT2D eigenvalue weighted by molar-refractivity contribution is -0.144. The largest absolute Gasteiger partial charge is 0.444 e. The predicted molar refractivity (Wildman–Crippen MR) is 101 cm³/mol. The van der Waals surface area contributed by atoms with E-state index in [9.17, 15) is 9.59 Å². The molecule has 1 amide bonds. The van der Waals surface area contributed by atoms with E-state index in [4.69, 9.17) is 9.47 Å². The quantitative estimate of drug-likeness (QED) is 0.400. The Bertz CT molecular complexity index is 753. The maximum absolute atomic E-state index is 12.8. The third-order valence-electron chi connectivity index (χ3n) is 4.17. The number of amides is 1. The van der Waals surface area contributed by atoms with Gasteiger partial charge in [0.05, 0.1) is 0 Å². The minimum Gasteiger partial charge on any atom is -0.444 e. The molecular weight excluding hydrogens is 433 g/mol. The lowest BCUT2D eigenvalue weighted by Gasteiger charge is -2.31. The molecule has 130 valence electrons. The van der Waals surface area contributed by atoms with Crippen molar-refractivity contribution in [2.24, 2.45) is 0 Å². The molecule has 2 atom stereocenters. The zero-order valence-corrected chi connectivity index (χ0v) is 15.9. The molecule has 6 heteroatoms. The molecular formula is C19H18INO4. The average molecular weight is 451 g/mol. The Morgan fingerprint density at radius 3 is 2.36 bits per heavy atom. The van der Waals surface area contributed by atoms with E-state index in [1.54, 1.807) is 6.92 Å². The highest BCUT2D eigenvalue weighted by molar-refractivity contribution is 14.1. The molecule has 1 saturated heterocycles. The van der Waals surface area contributed by atoms with Crippen LogP contribution in [0.15, 0.2) is 60.7 Å². The Morgan fingerprint density at radius 1 is 1.16 bits per heavy atom. The van der Waals surface area contributed by atoms with Crippen molar-refractivity contribution in [3.63, 3.8) is 0 Å². The lowest BCUT2D eigenvalue weighted by atomic mass is 10.0. The maximum Gasteiger partial charge on any atom is 0.414 e. The minimum atomic E-state index is -1.06. The van der Waals surface area contributed by atoms with Crippen molar-refractivity contribution in [2.75, 3.05) is 4.43 Å². The van der Waals surface area contributed by atoms with Crippen LogP contribution in [-0.2, 0) is 20.9 Å². The Hall–Kier alpha value is -2.09. The van der Waals surface area contributed by atoms with Gasteiger partial charge in [-0.15, -0.1) is 0 Å². The lowest BCUT2D eigenvalue weighted by Crippen LogP contribution is -2.51. The molecule has 0 radical (unpaired) electrons. The van der Waals surface area contributed by atoms with Gasteiger partial charge in [-0.1, -0.05) is 83.3 Å². The molecule has 0 saturated carbocycles. The van der Waals surface area contributed by atoms with Gasteiger partial charge in [-0.3, -0.25) is 4.90 Å². The average Bonchev–Trinajstić information content (AvgIpc) is 2.93. The fraction of sp³-hybridized carbons (Fsp3) is 0.263. The first-order valence-electron chi connectivity index (χ1n) is 7.88. The summed E-state index contributed by atoms with van der Waals surface area (Å²) in [7, 11) is 0. The molecule has 2 aromatic rings. The van der Waals surface area contributed by atoms with Crippen LogP contribution in [0, 0.1) is 0 Å². The van der Waals surface area contributed by atoms with Gasteiger partial charge in [-0.25, -0.2) is 9.59 Å². The van der Waals surface area contributed by atoms with Gasteiger partial charge < -0.3 is 9.47 Å². The second kappa shape index (κ2) is 7.43. The first-order chi connectivity index (χ1) is 12.1. The second-order valence-electron chi connectivity index (χ2n) is 5.99. The van der Waals surface area contributed by atoms with Gasteiger partial charge in [0.1, 0.15) is 6.61 Å². The Kier molecular flexibility index (Phi) is 5.27. The normalized spacial score (nSPS) is 22.6. The van der Waals surface area contributed by atoms with Crippen LogP contribution in [0.3, 0.4) is 0 Å². The van der Waals surface area contributed by atoms with E-state index in [0.29, 0.717) is 4.43 Å². The van der Waals surface area contributed by atoms with Crippen molar-refractivity contribution in [3.05, 3.63) is 71.8 Å². The molecule has 0 aromatic heterocycles. The number of carbonyl (C=O) groups is 2. The van der Waals surface area contributed by atoms with Gasteiger partial charge in [0, 0.05) is 9.99 Å². The molecule has 1 fully saturated rings. The third kappa shape index (κ3) is 3.49. The molecule has 0 bridgehead atoms. The number of hydrogen-bond acceptors (Lipinski definition) is 4. The number of benzene rings is 2. The molecule has 1 aliphatic heterocycles. The van der Waals surface area contributed by atoms with Crippen molar-refractivity contribution in [1.29, 1.82) is 0 Å². The van der Waals surface area contributed by atoms with E-state index >= 15 is 0 Å². The highest BCUT2D eigenvalue weighted by Gasteiger charge is 2.55. The SMILES string of the molecule is C[C@@]1(CI)C(=O)O[C@@H](c2ccccc2)N1C(=O)OCc1ccccc1. The molecule has 1 aliphatic rings. The summed E-state index contributed by atoms with van der Waals surface area (Å²) in [6, 6.07) is 18.6. The van der Waals surface area contributed by atoms with Gasteiger partial charge >= 0.3 is 12.1 Å². The number of halogens is 1. The summed E-state index contributed by atoms with van der Waals surface area (Å²) in [4.78, 5) is 26.6. The van der Waals surface area contributed by atoms with E-state index in [1.165, 1.54) is 4.90 Å². The fourth-order valence-electron chi connectivity index (χ4n) is 2.68. The predicted octanol–water partition coefficient (Wildman–Crippen LogP) is 4.07. The highest BCUT2D eigenvalue weighted by atomic mass is 127. The summed E-state index contributed by atoms with van der Waals surface area (Å²) in [5.41, 5.74) is 0.560. The zero-order chi connectivity index (χ0) is 17.9. The summed E-state index contributed by atoms with van der Waals surface area (Å²) < 4.78 is 11.4. The number of alkyl halides is 1. The topological polar surface area (TPSA) is 55.8 Å². The Morgan fingerprint density at radius 2 is 1.76 bits per heavy atom. The van der Waals surface area contributed by atoms with Crippen LogP contribution in [0.2, 0.25) is 0 Å². The number of cyclic esters (lactones) is 1. The van der Waals surface area contributed by atoms with E-state index in [2.05, 4.69) is 22.6 Å². The molecule has 0 N–H and O–H groups in total. The van der Waals surface area contributed by atoms with Crippen LogP contribution < -0.4 is 0 Å². The molecule has 25 heavy (non-hydrogen) atoms. The van der Waals surface area contributed by atoms with Crippen molar-refractivity contribution in [1.82, 2.24) is 4.90 Å². The number of ether oxygens (including phenoxy) is 2. The third-order valence-corrected chi connectivity index (χ3v) is 5.66. The van der Waals surface area contributed by atoms with Gasteiger partial charge in [0.15, 0.2) is 5.54 Å². The molecule has 5 nitrogen and oxygen atoms in total. The number of hydrogen-bond donors (Lipinski definition) is 0. The fourth-order valence-corrected chi connectivity index (χ4v) is 3.36. The zero-order valence-electron chi connectivity index (χ0n) is 13.7. The van der Waals surface area contributed by atoms with Crippen molar-refractivity contribution >= 4 is 34.7 Å². The van der Waals surface area contributed by atoms with Crippen molar-refractivity contribution in [2.45, 2.75) is 25.3 Å². The van der Waals surface area contributed by atoms with Gasteiger partial charge in [0.2, 0.25) is 6.23 Å². The van der Waals surface area contributed by atoms with E-state index in [-0.39, 0.29) is 6.61 Å². The standard InChI is InChI=1S/C19H18INO4/c1-19(13-20)17(22)25-16(15-10-6-3-7-11-15)21(19)18(23)24-12-14-8-4-2-5-9-14/h2-11,16H,12-13H2,1H3/t16-,19+/m0/s1. The van der Waals surface area contributed by atoms with Crippen LogP contribution >= 0.6 is 22.6 Å². The van der Waals surface area contributed by atoms with E-state index < -0.39 is 23.8 Å². The smallest absolute Gasteiger partial charge is 0.414 e. The molecule has 2 aromatic carbocycles. The summed E-state index contributed by atoms with van der Waals surface area (Å²) in [6.07, 6.45) is -1.35. The minimum absolute atomic E-state index is 0.142. The Balaban J connectivity index is 1.85. The van der Waals surface area contributed by atoms with Gasteiger partial charge in [0.25, 0.3) is 0 Å². The Labute approximate surface area is 160 Å². The highest BCUT2D eigenvalue weighted by Crippen LogP contribution is 2.39. The first kappa shape index (κ1) is 17.7. The second-order valence-corrected chi connectivity index (χ2v) is 6.75. The number of carbonyl (C=O) groups excluding carboxylic acids is 2. The number of rotatable bonds is 4. The molecule has 3 rings (SSSR count). The summed E-state index contributed by atoms with van der Waals surface area (Å²) >= 11 is 2.09. The number of nitrogens with zero attached hydrogens (tertiary/aromatic N) is 1. The van der Waals surface area contributed by atoms with Crippen LogP contribution in [0.5, 0.6) is 0 Å². The van der Waals surface area contributed by atoms with Crippen molar-refractivity contribution in [3.8, 4) is 0 Å². The van der Waals surface area contributed by atoms with E-state index in [0.717, 1.165) is 11.1 Å². The van der Waals surface area contributed by atoms with Crippen LogP contribution in [0.1, 0.15) is 24.3 Å². The van der Waals surface area contributed by atoms with Crippen molar-refractivity contribution < 1.29 is 19.1 Å². The molecule has 0 aliphatic carbocycles. The molecule has 0 spiro atoms. The molecule has 1 heterocycles. The van der Waals surface area contributed by atoms with E-state index in [1.807, 2.05) is 60.7 Å². The van der Waals surface area contributed by atoms with Crippen LogP contribution in [-0.4, -0.2) is 26.9 Å². The maximum atomic E-state index is 12.8. The van der Waals surface area contributed by atoms with Gasteiger partial charge in [-0.05, 0) is 12.5 Å². The molecule has 0 unspecified atom stereocenters. The first-order valence-corrected chi connectivity index (χ1v) is 9.41. The number of esters is 1.